The van der Waals surface area contributed by atoms with Gasteiger partial charge >= 0.3 is 0 Å². The van der Waals surface area contributed by atoms with E-state index in [-0.39, 0.29) is 18.1 Å². The number of carbonyl (C=O) groups excluding carboxylic acids is 1. The number of ether oxygens (including phenoxy) is 2. The highest BCUT2D eigenvalue weighted by molar-refractivity contribution is 6.31. The summed E-state index contributed by atoms with van der Waals surface area (Å²) in [6, 6.07) is 13.3. The third-order valence-electron chi connectivity index (χ3n) is 4.40. The van der Waals surface area contributed by atoms with Gasteiger partial charge in [0.1, 0.15) is 6.10 Å². The van der Waals surface area contributed by atoms with Gasteiger partial charge in [-0.2, -0.15) is 0 Å². The van der Waals surface area contributed by atoms with E-state index >= 15 is 0 Å². The molecule has 2 heterocycles. The van der Waals surface area contributed by atoms with Gasteiger partial charge in [0.25, 0.3) is 0 Å². The van der Waals surface area contributed by atoms with Gasteiger partial charge in [-0.25, -0.2) is 0 Å². The second kappa shape index (κ2) is 9.67. The number of nitrogens with one attached hydrogen (secondary N) is 1. The molecule has 0 spiro atoms. The molecular weight excluding hydrogens is 352 g/mol. The first-order chi connectivity index (χ1) is 12.7. The summed E-state index contributed by atoms with van der Waals surface area (Å²) in [4.78, 5) is 16.6. The summed E-state index contributed by atoms with van der Waals surface area (Å²) in [6.07, 6.45) is 3.33. The molecule has 6 heteroatoms. The fourth-order valence-electron chi connectivity index (χ4n) is 2.95. The van der Waals surface area contributed by atoms with Gasteiger partial charge in [-0.15, -0.1) is 0 Å². The number of aromatic nitrogens is 1. The summed E-state index contributed by atoms with van der Waals surface area (Å²) in [6.45, 7) is 1.50. The van der Waals surface area contributed by atoms with E-state index in [1.807, 2.05) is 42.5 Å². The molecular formula is C20H23ClN2O3. The van der Waals surface area contributed by atoms with E-state index in [4.69, 9.17) is 21.1 Å². The number of hydrogen-bond acceptors (Lipinski definition) is 4. The zero-order chi connectivity index (χ0) is 18.2. The van der Waals surface area contributed by atoms with Gasteiger partial charge in [-0.1, -0.05) is 35.9 Å². The van der Waals surface area contributed by atoms with Crippen LogP contribution in [0.25, 0.3) is 0 Å². The molecule has 5 nitrogen and oxygen atoms in total. The Hall–Kier alpha value is -1.95. The van der Waals surface area contributed by atoms with Crippen LogP contribution in [0.4, 0.5) is 0 Å². The SMILES string of the molecule is O=C(CCc1ccccc1Cl)N[C@@H]1CCOC[C@H]1OCc1ccccn1. The summed E-state index contributed by atoms with van der Waals surface area (Å²) >= 11 is 6.15. The van der Waals surface area contributed by atoms with Crippen molar-refractivity contribution < 1.29 is 14.3 Å². The first-order valence-corrected chi connectivity index (χ1v) is 9.22. The maximum atomic E-state index is 12.4. The molecule has 0 saturated carbocycles. The Bertz CT molecular complexity index is 711. The van der Waals surface area contributed by atoms with Gasteiger partial charge in [-0.3, -0.25) is 9.78 Å². The Kier molecular flexibility index (Phi) is 7.00. The third kappa shape index (κ3) is 5.53. The van der Waals surface area contributed by atoms with Crippen molar-refractivity contribution in [2.45, 2.75) is 38.0 Å². The smallest absolute Gasteiger partial charge is 0.220 e. The Morgan fingerprint density at radius 2 is 2.12 bits per heavy atom. The molecule has 1 saturated heterocycles. The average Bonchev–Trinajstić information content (AvgIpc) is 2.67. The van der Waals surface area contributed by atoms with Crippen LogP contribution in [-0.2, 0) is 27.3 Å². The van der Waals surface area contributed by atoms with Crippen molar-refractivity contribution in [3.05, 3.63) is 64.9 Å². The lowest BCUT2D eigenvalue weighted by Gasteiger charge is -2.32. The topological polar surface area (TPSA) is 60.5 Å². The molecule has 26 heavy (non-hydrogen) atoms. The predicted molar refractivity (Wildman–Crippen MR) is 100.0 cm³/mol. The first-order valence-electron chi connectivity index (χ1n) is 8.84. The van der Waals surface area contributed by atoms with Crippen LogP contribution in [-0.4, -0.2) is 36.3 Å². The summed E-state index contributed by atoms with van der Waals surface area (Å²) in [5.41, 5.74) is 1.85. The molecule has 2 atom stereocenters. The minimum atomic E-state index is -0.171. The van der Waals surface area contributed by atoms with Crippen LogP contribution in [0.3, 0.4) is 0 Å². The molecule has 1 aromatic heterocycles. The maximum Gasteiger partial charge on any atom is 0.220 e. The van der Waals surface area contributed by atoms with Crippen LogP contribution in [0.1, 0.15) is 24.1 Å². The minimum Gasteiger partial charge on any atom is -0.379 e. The molecule has 0 unspecified atom stereocenters. The van der Waals surface area contributed by atoms with Crippen LogP contribution < -0.4 is 5.32 Å². The van der Waals surface area contributed by atoms with E-state index in [0.29, 0.717) is 37.7 Å². The lowest BCUT2D eigenvalue weighted by Crippen LogP contribution is -2.50. The standard InChI is InChI=1S/C20H23ClN2O3/c21-17-7-2-1-5-15(17)8-9-20(24)23-18-10-12-25-14-19(18)26-13-16-6-3-4-11-22-16/h1-7,11,18-19H,8-10,12-14H2,(H,23,24)/t18-,19-/m1/s1. The molecule has 1 aliphatic rings. The number of halogens is 1. The van der Waals surface area contributed by atoms with Gasteiger partial charge in [0.05, 0.1) is 24.9 Å². The molecule has 1 aliphatic heterocycles. The average molecular weight is 375 g/mol. The quantitative estimate of drug-likeness (QED) is 0.808. The molecule has 0 radical (unpaired) electrons. The van der Waals surface area contributed by atoms with Gasteiger partial charge < -0.3 is 14.8 Å². The van der Waals surface area contributed by atoms with Crippen molar-refractivity contribution in [1.29, 1.82) is 0 Å². The van der Waals surface area contributed by atoms with Crippen molar-refractivity contribution >= 4 is 17.5 Å². The largest absolute Gasteiger partial charge is 0.379 e. The molecule has 0 aliphatic carbocycles. The zero-order valence-electron chi connectivity index (χ0n) is 14.6. The lowest BCUT2D eigenvalue weighted by atomic mass is 10.0. The molecule has 2 aromatic rings. The normalized spacial score (nSPS) is 19.9. The number of aryl methyl sites for hydroxylation is 1. The molecule has 138 valence electrons. The molecule has 0 bridgehead atoms. The van der Waals surface area contributed by atoms with Crippen molar-refractivity contribution in [3.63, 3.8) is 0 Å². The maximum absolute atomic E-state index is 12.4. The highest BCUT2D eigenvalue weighted by Crippen LogP contribution is 2.17. The number of benzene rings is 1. The third-order valence-corrected chi connectivity index (χ3v) is 4.77. The number of amides is 1. The number of hydrogen-bond donors (Lipinski definition) is 1. The van der Waals surface area contributed by atoms with E-state index in [2.05, 4.69) is 10.3 Å². The summed E-state index contributed by atoms with van der Waals surface area (Å²) in [5, 5.41) is 3.78. The van der Waals surface area contributed by atoms with Gasteiger partial charge in [0.2, 0.25) is 5.91 Å². The van der Waals surface area contributed by atoms with Gasteiger partial charge in [0.15, 0.2) is 0 Å². The van der Waals surface area contributed by atoms with Crippen LogP contribution in [0, 0.1) is 0 Å². The molecule has 1 fully saturated rings. The van der Waals surface area contributed by atoms with Crippen LogP contribution in [0.15, 0.2) is 48.7 Å². The number of nitrogens with zero attached hydrogens (tertiary/aromatic N) is 1. The molecule has 1 amide bonds. The van der Waals surface area contributed by atoms with Crippen LogP contribution >= 0.6 is 11.6 Å². The van der Waals surface area contributed by atoms with Crippen molar-refractivity contribution in [3.8, 4) is 0 Å². The highest BCUT2D eigenvalue weighted by atomic mass is 35.5. The highest BCUT2D eigenvalue weighted by Gasteiger charge is 2.28. The van der Waals surface area contributed by atoms with Gasteiger partial charge in [-0.05, 0) is 36.6 Å². The summed E-state index contributed by atoms with van der Waals surface area (Å²) in [7, 11) is 0. The van der Waals surface area contributed by atoms with Crippen LogP contribution in [0.2, 0.25) is 5.02 Å². The van der Waals surface area contributed by atoms with Crippen LogP contribution in [0.5, 0.6) is 0 Å². The van der Waals surface area contributed by atoms with Crippen molar-refractivity contribution in [2.75, 3.05) is 13.2 Å². The Labute approximate surface area is 158 Å². The van der Waals surface area contributed by atoms with E-state index in [1.54, 1.807) is 6.20 Å². The second-order valence-electron chi connectivity index (χ2n) is 6.30. The fraction of sp³-hybridized carbons (Fsp3) is 0.400. The van der Waals surface area contributed by atoms with E-state index in [0.717, 1.165) is 17.7 Å². The van der Waals surface area contributed by atoms with Gasteiger partial charge in [0, 0.05) is 24.2 Å². The zero-order valence-corrected chi connectivity index (χ0v) is 15.3. The first kappa shape index (κ1) is 18.8. The Morgan fingerprint density at radius 3 is 2.92 bits per heavy atom. The number of pyridine rings is 1. The predicted octanol–water partition coefficient (Wildman–Crippen LogP) is 3.16. The Morgan fingerprint density at radius 1 is 1.27 bits per heavy atom. The Balaban J connectivity index is 1.49. The minimum absolute atomic E-state index is 0.00301. The number of rotatable bonds is 7. The molecule has 1 aromatic carbocycles. The number of carbonyl (C=O) groups is 1. The molecule has 3 rings (SSSR count). The summed E-state index contributed by atoms with van der Waals surface area (Å²) in [5.74, 6) is 0.00301. The van der Waals surface area contributed by atoms with Crippen molar-refractivity contribution in [1.82, 2.24) is 10.3 Å². The fourth-order valence-corrected chi connectivity index (χ4v) is 3.18. The van der Waals surface area contributed by atoms with E-state index in [9.17, 15) is 4.79 Å². The van der Waals surface area contributed by atoms with E-state index in [1.165, 1.54) is 0 Å². The van der Waals surface area contributed by atoms with Crippen molar-refractivity contribution in [2.24, 2.45) is 0 Å². The molecule has 1 N–H and O–H groups in total. The monoisotopic (exact) mass is 374 g/mol. The lowest BCUT2D eigenvalue weighted by molar-refractivity contribution is -0.126. The second-order valence-corrected chi connectivity index (χ2v) is 6.71. The summed E-state index contributed by atoms with van der Waals surface area (Å²) < 4.78 is 11.5. The van der Waals surface area contributed by atoms with E-state index < -0.39 is 0 Å².